The van der Waals surface area contributed by atoms with Crippen LogP contribution in [-0.2, 0) is 4.79 Å². The minimum Gasteiger partial charge on any atom is -0.268 e. The Hall–Kier alpha value is -2.13. The number of carbonyl (C=O) groups excluding carboxylic acids is 2. The quantitative estimate of drug-likeness (QED) is 0.538. The van der Waals surface area contributed by atoms with Gasteiger partial charge in [0.2, 0.25) is 0 Å². The fraction of sp³-hybridized carbons (Fsp3) is 0.0526. The summed E-state index contributed by atoms with van der Waals surface area (Å²) in [6.45, 7) is -0.00131. The van der Waals surface area contributed by atoms with E-state index in [0.29, 0.717) is 9.93 Å². The summed E-state index contributed by atoms with van der Waals surface area (Å²) in [7, 11) is 0. The Morgan fingerprint density at radius 1 is 1.08 bits per heavy atom. The molecule has 0 spiro atoms. The Balaban J connectivity index is 1.72. The second-order valence-electron chi connectivity index (χ2n) is 5.10. The van der Waals surface area contributed by atoms with Crippen LogP contribution < -0.4 is 0 Å². The summed E-state index contributed by atoms with van der Waals surface area (Å²) in [6, 6.07) is 15.4. The number of hydrogen-bond acceptors (Lipinski definition) is 4. The lowest BCUT2D eigenvalue weighted by Crippen LogP contribution is -2.28. The van der Waals surface area contributed by atoms with Gasteiger partial charge in [0.15, 0.2) is 0 Å². The number of hydrogen-bond donors (Lipinski definition) is 0. The van der Waals surface area contributed by atoms with Gasteiger partial charge in [-0.3, -0.25) is 14.5 Å². The van der Waals surface area contributed by atoms with Crippen LogP contribution in [0.15, 0.2) is 63.2 Å². The van der Waals surface area contributed by atoms with Crippen molar-refractivity contribution in [1.29, 1.82) is 0 Å². The summed E-state index contributed by atoms with van der Waals surface area (Å²) in [5.41, 5.74) is 0.853. The number of halogens is 1. The Labute approximate surface area is 159 Å². The van der Waals surface area contributed by atoms with Gasteiger partial charge in [-0.05, 0) is 59.8 Å². The van der Waals surface area contributed by atoms with Gasteiger partial charge in [-0.25, -0.2) is 0 Å². The fourth-order valence-electron chi connectivity index (χ4n) is 2.15. The van der Waals surface area contributed by atoms with Crippen LogP contribution in [0.2, 0.25) is 5.02 Å². The zero-order valence-electron chi connectivity index (χ0n) is 12.9. The first-order valence-corrected chi connectivity index (χ1v) is 9.30. The van der Waals surface area contributed by atoms with Gasteiger partial charge in [0.25, 0.3) is 11.1 Å². The van der Waals surface area contributed by atoms with E-state index in [1.807, 2.05) is 48.5 Å². The van der Waals surface area contributed by atoms with Crippen molar-refractivity contribution >= 4 is 52.3 Å². The summed E-state index contributed by atoms with van der Waals surface area (Å²) < 4.78 is 0. The normalized spacial score (nSPS) is 15.7. The van der Waals surface area contributed by atoms with E-state index in [4.69, 9.17) is 18.0 Å². The lowest BCUT2D eigenvalue weighted by Gasteiger charge is -2.06. The van der Waals surface area contributed by atoms with Crippen molar-refractivity contribution in [3.8, 4) is 12.3 Å². The minimum atomic E-state index is -0.340. The first-order chi connectivity index (χ1) is 12.1. The van der Waals surface area contributed by atoms with E-state index >= 15 is 0 Å². The standard InChI is InChI=1S/C19H12ClNO2S2/c1-2-11-21-18(22)17(25-19(21)23)12-13-3-7-15(8-4-13)24-16-9-5-14(20)6-10-16/h1,3-10,12H,11H2/b17-12-. The van der Waals surface area contributed by atoms with Gasteiger partial charge in [0, 0.05) is 14.8 Å². The molecule has 0 aliphatic carbocycles. The molecule has 0 radical (unpaired) electrons. The van der Waals surface area contributed by atoms with Crippen molar-refractivity contribution in [2.75, 3.05) is 6.54 Å². The Morgan fingerprint density at radius 3 is 2.28 bits per heavy atom. The highest BCUT2D eigenvalue weighted by molar-refractivity contribution is 8.18. The zero-order valence-corrected chi connectivity index (χ0v) is 15.3. The largest absolute Gasteiger partial charge is 0.294 e. The summed E-state index contributed by atoms with van der Waals surface area (Å²) in [5.74, 6) is 1.98. The number of imide groups is 1. The second kappa shape index (κ2) is 7.83. The van der Waals surface area contributed by atoms with Gasteiger partial charge in [-0.15, -0.1) is 6.42 Å². The smallest absolute Gasteiger partial charge is 0.268 e. The Kier molecular flexibility index (Phi) is 5.54. The highest BCUT2D eigenvalue weighted by Gasteiger charge is 2.34. The first kappa shape index (κ1) is 17.7. The van der Waals surface area contributed by atoms with Crippen molar-refractivity contribution in [3.05, 3.63) is 64.0 Å². The summed E-state index contributed by atoms with van der Waals surface area (Å²) in [5, 5.41) is 0.377. The van der Waals surface area contributed by atoms with E-state index in [2.05, 4.69) is 5.92 Å². The van der Waals surface area contributed by atoms with Crippen molar-refractivity contribution < 1.29 is 9.59 Å². The van der Waals surface area contributed by atoms with Crippen LogP contribution in [0.25, 0.3) is 6.08 Å². The second-order valence-corrected chi connectivity index (χ2v) is 7.67. The monoisotopic (exact) mass is 385 g/mol. The van der Waals surface area contributed by atoms with Crippen molar-refractivity contribution in [3.63, 3.8) is 0 Å². The molecule has 2 aromatic rings. The van der Waals surface area contributed by atoms with Gasteiger partial charge in [0.05, 0.1) is 11.4 Å². The van der Waals surface area contributed by atoms with Crippen LogP contribution in [0.4, 0.5) is 4.79 Å². The van der Waals surface area contributed by atoms with Crippen molar-refractivity contribution in [1.82, 2.24) is 4.90 Å². The molecular weight excluding hydrogens is 374 g/mol. The number of nitrogens with zero attached hydrogens (tertiary/aromatic N) is 1. The lowest BCUT2D eigenvalue weighted by atomic mass is 10.2. The predicted octanol–water partition coefficient (Wildman–Crippen LogP) is 5.16. The van der Waals surface area contributed by atoms with Crippen molar-refractivity contribution in [2.24, 2.45) is 0 Å². The number of thioether (sulfide) groups is 1. The Bertz CT molecular complexity index is 883. The highest BCUT2D eigenvalue weighted by atomic mass is 35.5. The Morgan fingerprint density at radius 2 is 1.68 bits per heavy atom. The third-order valence-corrected chi connectivity index (χ3v) is 5.53. The molecule has 3 rings (SSSR count). The van der Waals surface area contributed by atoms with Gasteiger partial charge >= 0.3 is 0 Å². The van der Waals surface area contributed by atoms with E-state index in [-0.39, 0.29) is 17.7 Å². The van der Waals surface area contributed by atoms with Crippen LogP contribution in [0.1, 0.15) is 5.56 Å². The van der Waals surface area contributed by atoms with Gasteiger partial charge in [0.1, 0.15) is 0 Å². The molecule has 0 atom stereocenters. The molecule has 1 aliphatic rings. The van der Waals surface area contributed by atoms with Crippen LogP contribution in [0.3, 0.4) is 0 Å². The summed E-state index contributed by atoms with van der Waals surface area (Å²) in [6.07, 6.45) is 6.89. The molecule has 1 saturated heterocycles. The predicted molar refractivity (Wildman–Crippen MR) is 104 cm³/mol. The summed E-state index contributed by atoms with van der Waals surface area (Å²) >= 11 is 8.41. The van der Waals surface area contributed by atoms with E-state index in [1.54, 1.807) is 17.8 Å². The van der Waals surface area contributed by atoms with Gasteiger partial charge < -0.3 is 0 Å². The van der Waals surface area contributed by atoms with Crippen LogP contribution in [0.5, 0.6) is 0 Å². The molecule has 6 heteroatoms. The molecule has 0 saturated carbocycles. The molecule has 1 aliphatic heterocycles. The molecule has 0 bridgehead atoms. The SMILES string of the molecule is C#CCN1C(=O)S/C(=C\c2ccc(Sc3ccc(Cl)cc3)cc2)C1=O. The number of carbonyl (C=O) groups is 2. The lowest BCUT2D eigenvalue weighted by molar-refractivity contribution is -0.122. The minimum absolute atomic E-state index is 0.00131. The molecule has 0 aromatic heterocycles. The number of terminal acetylenes is 1. The van der Waals surface area contributed by atoms with E-state index in [0.717, 1.165) is 32.0 Å². The molecule has 0 unspecified atom stereocenters. The topological polar surface area (TPSA) is 37.4 Å². The number of amides is 2. The number of benzene rings is 2. The van der Waals surface area contributed by atoms with Crippen molar-refractivity contribution in [2.45, 2.75) is 9.79 Å². The summed E-state index contributed by atoms with van der Waals surface area (Å²) in [4.78, 5) is 27.5. The third-order valence-electron chi connectivity index (χ3n) is 3.35. The maximum Gasteiger partial charge on any atom is 0.294 e. The van der Waals surface area contributed by atoms with E-state index in [1.165, 1.54) is 0 Å². The molecule has 3 nitrogen and oxygen atoms in total. The molecule has 1 heterocycles. The average molecular weight is 386 g/mol. The molecule has 1 fully saturated rings. The van der Waals surface area contributed by atoms with Crippen LogP contribution >= 0.6 is 35.1 Å². The molecule has 25 heavy (non-hydrogen) atoms. The molecule has 2 amide bonds. The molecular formula is C19H12ClNO2S2. The van der Waals surface area contributed by atoms with Gasteiger partial charge in [-0.2, -0.15) is 0 Å². The molecule has 2 aromatic carbocycles. The van der Waals surface area contributed by atoms with Crippen LogP contribution in [-0.4, -0.2) is 22.6 Å². The fourth-order valence-corrected chi connectivity index (χ4v) is 3.93. The zero-order chi connectivity index (χ0) is 17.8. The van der Waals surface area contributed by atoms with E-state index in [9.17, 15) is 9.59 Å². The maximum absolute atomic E-state index is 12.2. The molecule has 124 valence electrons. The first-order valence-electron chi connectivity index (χ1n) is 7.29. The maximum atomic E-state index is 12.2. The average Bonchev–Trinajstić information content (AvgIpc) is 2.86. The van der Waals surface area contributed by atoms with Gasteiger partial charge in [-0.1, -0.05) is 41.4 Å². The third kappa shape index (κ3) is 4.29. The highest BCUT2D eigenvalue weighted by Crippen LogP contribution is 2.33. The molecule has 0 N–H and O–H groups in total. The number of rotatable bonds is 4. The van der Waals surface area contributed by atoms with Crippen LogP contribution in [0, 0.1) is 12.3 Å². The van der Waals surface area contributed by atoms with E-state index < -0.39 is 0 Å².